The van der Waals surface area contributed by atoms with Crippen LogP contribution in [-0.2, 0) is 10.6 Å². The van der Waals surface area contributed by atoms with Gasteiger partial charge in [0, 0.05) is 0 Å². The number of benzene rings is 2. The lowest BCUT2D eigenvalue weighted by Gasteiger charge is -2.27. The Morgan fingerprint density at radius 1 is 1.05 bits per heavy atom. The maximum Gasteiger partial charge on any atom is 0.121 e. The molecule has 2 heterocycles. The highest BCUT2D eigenvalue weighted by atomic mass is 32.2. The first-order chi connectivity index (χ1) is 9.29. The van der Waals surface area contributed by atoms with Crippen LogP contribution in [0.25, 0.3) is 11.0 Å². The fraction of sp³-hybridized carbons (Fsp3) is 0.188. The molecular weight excluding hydrogens is 252 g/mol. The molecular formula is C16H14N2S. The van der Waals surface area contributed by atoms with E-state index < -0.39 is 0 Å². The van der Waals surface area contributed by atoms with Gasteiger partial charge in [-0.15, -0.1) is 11.8 Å². The SMILES string of the molecule is CC1(c2ccccc2)SCc2nc3ccccc3n21. The minimum absolute atomic E-state index is 0.0489. The van der Waals surface area contributed by atoms with Gasteiger partial charge in [0.1, 0.15) is 10.7 Å². The van der Waals surface area contributed by atoms with Crippen LogP contribution in [-0.4, -0.2) is 9.55 Å². The van der Waals surface area contributed by atoms with Crippen LogP contribution in [0.2, 0.25) is 0 Å². The van der Waals surface area contributed by atoms with Gasteiger partial charge in [-0.3, -0.25) is 0 Å². The molecule has 1 aromatic heterocycles. The molecule has 0 aliphatic carbocycles. The number of imidazole rings is 1. The molecule has 1 aliphatic heterocycles. The highest BCUT2D eigenvalue weighted by Gasteiger charge is 2.38. The Balaban J connectivity index is 2.01. The minimum Gasteiger partial charge on any atom is -0.308 e. The molecule has 1 aliphatic rings. The molecule has 0 bridgehead atoms. The second kappa shape index (κ2) is 3.87. The van der Waals surface area contributed by atoms with Crippen LogP contribution in [0.1, 0.15) is 18.3 Å². The Labute approximate surface area is 116 Å². The summed E-state index contributed by atoms with van der Waals surface area (Å²) in [6.07, 6.45) is 0. The maximum atomic E-state index is 4.76. The van der Waals surface area contributed by atoms with Crippen LogP contribution >= 0.6 is 11.8 Å². The van der Waals surface area contributed by atoms with Crippen molar-refractivity contribution in [2.45, 2.75) is 17.5 Å². The predicted molar refractivity (Wildman–Crippen MR) is 80.2 cm³/mol. The molecule has 0 amide bonds. The van der Waals surface area contributed by atoms with Crippen LogP contribution < -0.4 is 0 Å². The Morgan fingerprint density at radius 2 is 1.79 bits per heavy atom. The highest BCUT2D eigenvalue weighted by Crippen LogP contribution is 2.47. The molecule has 0 N–H and O–H groups in total. The summed E-state index contributed by atoms with van der Waals surface area (Å²) in [4.78, 5) is 4.71. The summed E-state index contributed by atoms with van der Waals surface area (Å²) in [5, 5.41) is 0. The topological polar surface area (TPSA) is 17.8 Å². The molecule has 0 saturated carbocycles. The number of hydrogen-bond acceptors (Lipinski definition) is 2. The van der Waals surface area contributed by atoms with Crippen molar-refractivity contribution in [1.29, 1.82) is 0 Å². The third kappa shape index (κ3) is 1.48. The summed E-state index contributed by atoms with van der Waals surface area (Å²) in [5.41, 5.74) is 3.66. The number of rotatable bonds is 1. The van der Waals surface area contributed by atoms with Gasteiger partial charge in [0.05, 0.1) is 16.8 Å². The first-order valence-corrected chi connectivity index (χ1v) is 7.44. The first-order valence-electron chi connectivity index (χ1n) is 6.45. The summed E-state index contributed by atoms with van der Waals surface area (Å²) >= 11 is 1.95. The van der Waals surface area contributed by atoms with Crippen molar-refractivity contribution in [2.75, 3.05) is 0 Å². The van der Waals surface area contributed by atoms with E-state index in [0.29, 0.717) is 0 Å². The molecule has 19 heavy (non-hydrogen) atoms. The van der Waals surface area contributed by atoms with Gasteiger partial charge in [-0.25, -0.2) is 4.98 Å². The van der Waals surface area contributed by atoms with Crippen molar-refractivity contribution < 1.29 is 0 Å². The molecule has 0 saturated heterocycles. The zero-order valence-electron chi connectivity index (χ0n) is 10.7. The van der Waals surface area contributed by atoms with E-state index in [1.54, 1.807) is 0 Å². The maximum absolute atomic E-state index is 4.76. The van der Waals surface area contributed by atoms with Crippen molar-refractivity contribution >= 4 is 22.8 Å². The number of aromatic nitrogens is 2. The fourth-order valence-electron chi connectivity index (χ4n) is 2.88. The number of fused-ring (bicyclic) bond motifs is 3. The third-order valence-corrected chi connectivity index (χ3v) is 5.23. The van der Waals surface area contributed by atoms with E-state index in [1.807, 2.05) is 11.8 Å². The van der Waals surface area contributed by atoms with E-state index in [4.69, 9.17) is 4.98 Å². The molecule has 0 radical (unpaired) electrons. The zero-order chi connectivity index (χ0) is 12.9. The minimum atomic E-state index is -0.0489. The van der Waals surface area contributed by atoms with Gasteiger partial charge in [-0.05, 0) is 24.6 Å². The van der Waals surface area contributed by atoms with Gasteiger partial charge in [-0.1, -0.05) is 42.5 Å². The summed E-state index contributed by atoms with van der Waals surface area (Å²) in [6, 6.07) is 19.1. The van der Waals surface area contributed by atoms with E-state index in [9.17, 15) is 0 Å². The monoisotopic (exact) mass is 266 g/mol. The second-order valence-electron chi connectivity index (χ2n) is 4.99. The lowest BCUT2D eigenvalue weighted by atomic mass is 10.1. The Morgan fingerprint density at radius 3 is 2.63 bits per heavy atom. The lowest BCUT2D eigenvalue weighted by Crippen LogP contribution is -2.24. The summed E-state index contributed by atoms with van der Waals surface area (Å²) in [6.45, 7) is 2.29. The van der Waals surface area contributed by atoms with Crippen LogP contribution in [0.3, 0.4) is 0 Å². The van der Waals surface area contributed by atoms with E-state index in [0.717, 1.165) is 11.3 Å². The summed E-state index contributed by atoms with van der Waals surface area (Å²) in [5.74, 6) is 2.15. The van der Waals surface area contributed by atoms with Crippen molar-refractivity contribution in [3.8, 4) is 0 Å². The fourth-order valence-corrected chi connectivity index (χ4v) is 4.12. The van der Waals surface area contributed by atoms with Crippen LogP contribution in [0.5, 0.6) is 0 Å². The average Bonchev–Trinajstić information content (AvgIpc) is 2.99. The van der Waals surface area contributed by atoms with Gasteiger partial charge >= 0.3 is 0 Å². The largest absolute Gasteiger partial charge is 0.308 e. The Kier molecular flexibility index (Phi) is 2.27. The number of nitrogens with zero attached hydrogens (tertiary/aromatic N) is 2. The van der Waals surface area contributed by atoms with Gasteiger partial charge in [0.2, 0.25) is 0 Å². The Hall–Kier alpha value is -1.74. The van der Waals surface area contributed by atoms with E-state index >= 15 is 0 Å². The van der Waals surface area contributed by atoms with Crippen LogP contribution in [0, 0.1) is 0 Å². The number of hydrogen-bond donors (Lipinski definition) is 0. The Bertz CT molecular complexity index is 748. The molecule has 94 valence electrons. The number of para-hydroxylation sites is 2. The standard InChI is InChI=1S/C16H14N2S/c1-16(12-7-3-2-4-8-12)18-14-10-6-5-9-13(14)17-15(18)11-19-16/h2-10H,11H2,1H3. The van der Waals surface area contributed by atoms with E-state index in [-0.39, 0.29) is 4.87 Å². The molecule has 3 aromatic rings. The zero-order valence-corrected chi connectivity index (χ0v) is 11.5. The normalized spacial score (nSPS) is 21.7. The molecule has 2 nitrogen and oxygen atoms in total. The molecule has 0 spiro atoms. The lowest BCUT2D eigenvalue weighted by molar-refractivity contribution is 0.598. The molecule has 2 aromatic carbocycles. The van der Waals surface area contributed by atoms with Crippen LogP contribution in [0.15, 0.2) is 54.6 Å². The van der Waals surface area contributed by atoms with E-state index in [1.165, 1.54) is 16.9 Å². The van der Waals surface area contributed by atoms with Crippen molar-refractivity contribution in [3.63, 3.8) is 0 Å². The van der Waals surface area contributed by atoms with E-state index in [2.05, 4.69) is 66.1 Å². The molecule has 0 fully saturated rings. The van der Waals surface area contributed by atoms with Crippen molar-refractivity contribution in [1.82, 2.24) is 9.55 Å². The average molecular weight is 266 g/mol. The highest BCUT2D eigenvalue weighted by molar-refractivity contribution is 7.99. The quantitative estimate of drug-likeness (QED) is 0.662. The van der Waals surface area contributed by atoms with Gasteiger partial charge in [0.15, 0.2) is 0 Å². The number of thioether (sulfide) groups is 1. The predicted octanol–water partition coefficient (Wildman–Crippen LogP) is 4.00. The summed E-state index contributed by atoms with van der Waals surface area (Å²) < 4.78 is 2.39. The first kappa shape index (κ1) is 11.1. The second-order valence-corrected chi connectivity index (χ2v) is 6.36. The molecule has 1 atom stereocenters. The van der Waals surface area contributed by atoms with Gasteiger partial charge in [0.25, 0.3) is 0 Å². The van der Waals surface area contributed by atoms with Crippen molar-refractivity contribution in [2.24, 2.45) is 0 Å². The smallest absolute Gasteiger partial charge is 0.121 e. The molecule has 4 rings (SSSR count). The molecule has 3 heteroatoms. The van der Waals surface area contributed by atoms with Crippen LogP contribution in [0.4, 0.5) is 0 Å². The van der Waals surface area contributed by atoms with Gasteiger partial charge in [-0.2, -0.15) is 0 Å². The van der Waals surface area contributed by atoms with Crippen molar-refractivity contribution in [3.05, 3.63) is 66.0 Å². The summed E-state index contributed by atoms with van der Waals surface area (Å²) in [7, 11) is 0. The van der Waals surface area contributed by atoms with Gasteiger partial charge < -0.3 is 4.57 Å². The molecule has 1 unspecified atom stereocenters. The third-order valence-electron chi connectivity index (χ3n) is 3.85.